The summed E-state index contributed by atoms with van der Waals surface area (Å²) in [6.45, 7) is 14.1. The maximum absolute atomic E-state index is 12.0. The Labute approximate surface area is 124 Å². The molecule has 1 unspecified atom stereocenters. The van der Waals surface area contributed by atoms with Crippen molar-refractivity contribution in [3.05, 3.63) is 0 Å². The molecule has 4 heteroatoms. The minimum Gasteiger partial charge on any atom is -0.468 e. The van der Waals surface area contributed by atoms with E-state index < -0.39 is 5.54 Å². The van der Waals surface area contributed by atoms with Gasteiger partial charge in [0.25, 0.3) is 0 Å². The van der Waals surface area contributed by atoms with Gasteiger partial charge >= 0.3 is 5.97 Å². The fourth-order valence-electron chi connectivity index (χ4n) is 3.17. The van der Waals surface area contributed by atoms with Crippen molar-refractivity contribution < 1.29 is 9.53 Å². The van der Waals surface area contributed by atoms with Crippen molar-refractivity contribution in [2.45, 2.75) is 65.5 Å². The second kappa shape index (κ2) is 6.90. The van der Waals surface area contributed by atoms with Crippen LogP contribution in [-0.2, 0) is 9.53 Å². The predicted molar refractivity (Wildman–Crippen MR) is 82.8 cm³/mol. The van der Waals surface area contributed by atoms with E-state index >= 15 is 0 Å². The van der Waals surface area contributed by atoms with Crippen LogP contribution in [0.4, 0.5) is 0 Å². The van der Waals surface area contributed by atoms with E-state index in [1.165, 1.54) is 26.6 Å². The lowest BCUT2D eigenvalue weighted by molar-refractivity contribution is -0.148. The molecule has 1 aliphatic heterocycles. The monoisotopic (exact) mass is 284 g/mol. The largest absolute Gasteiger partial charge is 0.468 e. The predicted octanol–water partition coefficient (Wildman–Crippen LogP) is 2.43. The molecule has 0 aromatic rings. The van der Waals surface area contributed by atoms with Gasteiger partial charge in [0, 0.05) is 12.6 Å². The van der Waals surface area contributed by atoms with Gasteiger partial charge in [0.05, 0.1) is 7.11 Å². The number of carbonyl (C=O) groups excluding carboxylic acids is 1. The zero-order valence-electron chi connectivity index (χ0n) is 14.1. The highest BCUT2D eigenvalue weighted by molar-refractivity contribution is 5.80. The van der Waals surface area contributed by atoms with Gasteiger partial charge in [-0.1, -0.05) is 13.8 Å². The van der Waals surface area contributed by atoms with Crippen molar-refractivity contribution in [3.8, 4) is 0 Å². The minimum absolute atomic E-state index is 0.159. The molecule has 4 nitrogen and oxygen atoms in total. The second-order valence-corrected chi connectivity index (χ2v) is 7.42. The van der Waals surface area contributed by atoms with Crippen LogP contribution in [0.2, 0.25) is 0 Å². The number of rotatable bonds is 7. The molecule has 1 saturated heterocycles. The third-order valence-electron chi connectivity index (χ3n) is 4.15. The van der Waals surface area contributed by atoms with Gasteiger partial charge in [-0.25, -0.2) is 0 Å². The quantitative estimate of drug-likeness (QED) is 0.729. The molecule has 118 valence electrons. The standard InChI is InChI=1S/C16H32N2O2/c1-13(2)17-16(5,14(19)20-6)8-7-10-18-11-9-15(3,4)12-18/h13,17H,7-12H2,1-6H3. The summed E-state index contributed by atoms with van der Waals surface area (Å²) in [5.41, 5.74) is -0.125. The van der Waals surface area contributed by atoms with Gasteiger partial charge in [0.2, 0.25) is 0 Å². The highest BCUT2D eigenvalue weighted by atomic mass is 16.5. The summed E-state index contributed by atoms with van der Waals surface area (Å²) in [4.78, 5) is 14.5. The fraction of sp³-hybridized carbons (Fsp3) is 0.938. The molecule has 0 aliphatic carbocycles. The van der Waals surface area contributed by atoms with Crippen molar-refractivity contribution >= 4 is 5.97 Å². The summed E-state index contributed by atoms with van der Waals surface area (Å²) in [7, 11) is 1.46. The lowest BCUT2D eigenvalue weighted by atomic mass is 9.93. The smallest absolute Gasteiger partial charge is 0.325 e. The molecule has 1 atom stereocenters. The van der Waals surface area contributed by atoms with Gasteiger partial charge in [-0.05, 0) is 58.5 Å². The molecule has 0 amide bonds. The average molecular weight is 284 g/mol. The van der Waals surface area contributed by atoms with Crippen molar-refractivity contribution in [1.82, 2.24) is 10.2 Å². The van der Waals surface area contributed by atoms with Gasteiger partial charge in [-0.2, -0.15) is 0 Å². The molecule has 0 aromatic heterocycles. The van der Waals surface area contributed by atoms with Crippen molar-refractivity contribution in [1.29, 1.82) is 0 Å². The van der Waals surface area contributed by atoms with Gasteiger partial charge in [-0.15, -0.1) is 0 Å². The Kier molecular flexibility index (Phi) is 6.02. The normalized spacial score (nSPS) is 21.9. The first-order valence-corrected chi connectivity index (χ1v) is 7.77. The zero-order valence-corrected chi connectivity index (χ0v) is 14.1. The number of ether oxygens (including phenoxy) is 1. The van der Waals surface area contributed by atoms with E-state index in [1.807, 2.05) is 6.92 Å². The third-order valence-corrected chi connectivity index (χ3v) is 4.15. The Bertz CT molecular complexity index is 328. The fourth-order valence-corrected chi connectivity index (χ4v) is 3.17. The third kappa shape index (κ3) is 5.06. The number of nitrogens with one attached hydrogen (secondary N) is 1. The van der Waals surface area contributed by atoms with Crippen LogP contribution in [0, 0.1) is 5.41 Å². The average Bonchev–Trinajstić information content (AvgIpc) is 2.66. The van der Waals surface area contributed by atoms with E-state index in [-0.39, 0.29) is 12.0 Å². The van der Waals surface area contributed by atoms with Crippen LogP contribution in [-0.4, -0.2) is 49.2 Å². The summed E-state index contributed by atoms with van der Waals surface area (Å²) in [5, 5.41) is 3.36. The molecular formula is C16H32N2O2. The number of likely N-dealkylation sites (tertiary alicyclic amines) is 1. The Hall–Kier alpha value is -0.610. The van der Waals surface area contributed by atoms with Gasteiger partial charge in [0.1, 0.15) is 5.54 Å². The molecule has 0 radical (unpaired) electrons. The van der Waals surface area contributed by atoms with Crippen molar-refractivity contribution in [3.63, 3.8) is 0 Å². The van der Waals surface area contributed by atoms with E-state index in [9.17, 15) is 4.79 Å². The Morgan fingerprint density at radius 2 is 2.10 bits per heavy atom. The first-order valence-electron chi connectivity index (χ1n) is 7.77. The number of methoxy groups -OCH3 is 1. The highest BCUT2D eigenvalue weighted by Gasteiger charge is 2.35. The molecule has 1 heterocycles. The Morgan fingerprint density at radius 1 is 1.45 bits per heavy atom. The first-order chi connectivity index (χ1) is 9.18. The summed E-state index contributed by atoms with van der Waals surface area (Å²) >= 11 is 0. The van der Waals surface area contributed by atoms with Crippen LogP contribution in [0.3, 0.4) is 0 Å². The molecule has 1 N–H and O–H groups in total. The number of nitrogens with zero attached hydrogens (tertiary/aromatic N) is 1. The molecule has 0 aromatic carbocycles. The number of carbonyl (C=O) groups is 1. The topological polar surface area (TPSA) is 41.6 Å². The van der Waals surface area contributed by atoms with E-state index in [0.717, 1.165) is 19.4 Å². The van der Waals surface area contributed by atoms with Crippen LogP contribution in [0.1, 0.15) is 53.9 Å². The van der Waals surface area contributed by atoms with Crippen molar-refractivity contribution in [2.24, 2.45) is 5.41 Å². The van der Waals surface area contributed by atoms with Crippen LogP contribution in [0.25, 0.3) is 0 Å². The second-order valence-electron chi connectivity index (χ2n) is 7.42. The number of esters is 1. The van der Waals surface area contributed by atoms with E-state index in [4.69, 9.17) is 4.74 Å². The van der Waals surface area contributed by atoms with Crippen LogP contribution < -0.4 is 5.32 Å². The van der Waals surface area contributed by atoms with Gasteiger partial charge in [-0.3, -0.25) is 10.1 Å². The molecule has 1 fully saturated rings. The zero-order chi connectivity index (χ0) is 15.4. The summed E-state index contributed by atoms with van der Waals surface area (Å²) in [5.74, 6) is -0.159. The summed E-state index contributed by atoms with van der Waals surface area (Å²) in [6.07, 6.45) is 3.10. The van der Waals surface area contributed by atoms with E-state index in [1.54, 1.807) is 0 Å². The van der Waals surface area contributed by atoms with E-state index in [0.29, 0.717) is 5.41 Å². The SMILES string of the molecule is COC(=O)C(C)(CCCN1CCC(C)(C)C1)NC(C)C. The number of hydrogen-bond acceptors (Lipinski definition) is 4. The lowest BCUT2D eigenvalue weighted by Gasteiger charge is -2.31. The number of hydrogen-bond donors (Lipinski definition) is 1. The van der Waals surface area contributed by atoms with Crippen molar-refractivity contribution in [2.75, 3.05) is 26.7 Å². The highest BCUT2D eigenvalue weighted by Crippen LogP contribution is 2.29. The van der Waals surface area contributed by atoms with Crippen LogP contribution in [0.15, 0.2) is 0 Å². The van der Waals surface area contributed by atoms with Crippen LogP contribution in [0.5, 0.6) is 0 Å². The maximum atomic E-state index is 12.0. The molecule has 20 heavy (non-hydrogen) atoms. The Balaban J connectivity index is 2.45. The molecule has 1 aliphatic rings. The lowest BCUT2D eigenvalue weighted by Crippen LogP contribution is -2.53. The molecular weight excluding hydrogens is 252 g/mol. The van der Waals surface area contributed by atoms with Crippen LogP contribution >= 0.6 is 0 Å². The Morgan fingerprint density at radius 3 is 2.55 bits per heavy atom. The first kappa shape index (κ1) is 17.4. The van der Waals surface area contributed by atoms with E-state index in [2.05, 4.69) is 37.9 Å². The minimum atomic E-state index is -0.571. The molecule has 1 rings (SSSR count). The van der Waals surface area contributed by atoms with Gasteiger partial charge < -0.3 is 9.64 Å². The van der Waals surface area contributed by atoms with Gasteiger partial charge in [0.15, 0.2) is 0 Å². The summed E-state index contributed by atoms with van der Waals surface area (Å²) < 4.78 is 4.96. The molecule has 0 spiro atoms. The summed E-state index contributed by atoms with van der Waals surface area (Å²) in [6, 6.07) is 0.268. The molecule has 0 saturated carbocycles. The molecule has 0 bridgehead atoms. The maximum Gasteiger partial charge on any atom is 0.325 e.